The van der Waals surface area contributed by atoms with Crippen molar-refractivity contribution in [3.63, 3.8) is 0 Å². The second-order valence-corrected chi connectivity index (χ2v) is 3.85. The molecule has 1 heterocycles. The van der Waals surface area contributed by atoms with Gasteiger partial charge in [0.25, 0.3) is 0 Å². The van der Waals surface area contributed by atoms with Crippen molar-refractivity contribution in [2.24, 2.45) is 0 Å². The smallest absolute Gasteiger partial charge is 0.225 e. The van der Waals surface area contributed by atoms with Crippen molar-refractivity contribution in [2.75, 3.05) is 18.0 Å². The Morgan fingerprint density at radius 2 is 2.14 bits per heavy atom. The molecule has 0 aliphatic rings. The highest BCUT2D eigenvalue weighted by Gasteiger charge is 2.05. The average molecular weight is 256 g/mol. The predicted octanol–water partition coefficient (Wildman–Crippen LogP) is 2.64. The molecule has 0 atom stereocenters. The lowest BCUT2D eigenvalue weighted by molar-refractivity contribution is 0.784. The minimum Gasteiger partial charge on any atom is -0.337 e. The van der Waals surface area contributed by atoms with Crippen LogP contribution in [0.2, 0.25) is 0 Å². The maximum atomic E-state index is 4.24. The molecule has 1 rings (SSSR count). The van der Waals surface area contributed by atoms with Gasteiger partial charge in [0.15, 0.2) is 0 Å². The van der Waals surface area contributed by atoms with Gasteiger partial charge in [-0.25, -0.2) is 9.97 Å². The molecule has 0 saturated carbocycles. The van der Waals surface area contributed by atoms with E-state index in [1.165, 1.54) is 0 Å². The van der Waals surface area contributed by atoms with E-state index in [0.29, 0.717) is 0 Å². The second kappa shape index (κ2) is 5.75. The highest BCUT2D eigenvalue weighted by atomic mass is 79.9. The Bertz CT molecular complexity index is 284. The first-order valence-electron chi connectivity index (χ1n) is 4.61. The van der Waals surface area contributed by atoms with Crippen LogP contribution in [-0.2, 0) is 0 Å². The summed E-state index contributed by atoms with van der Waals surface area (Å²) in [5, 5.41) is 0. The van der Waals surface area contributed by atoms with E-state index in [0.717, 1.165) is 29.9 Å². The van der Waals surface area contributed by atoms with E-state index in [1.807, 2.05) is 6.08 Å². The molecule has 0 fully saturated rings. The lowest BCUT2D eigenvalue weighted by atomic mass is 10.4. The third-order valence-corrected chi connectivity index (χ3v) is 2.14. The zero-order valence-electron chi connectivity index (χ0n) is 8.28. The van der Waals surface area contributed by atoms with Crippen LogP contribution in [0.25, 0.3) is 0 Å². The Balaban J connectivity index is 2.76. The molecule has 4 heteroatoms. The van der Waals surface area contributed by atoms with E-state index in [4.69, 9.17) is 0 Å². The van der Waals surface area contributed by atoms with Crippen molar-refractivity contribution in [3.05, 3.63) is 29.5 Å². The normalized spacial score (nSPS) is 9.86. The van der Waals surface area contributed by atoms with Crippen LogP contribution in [0.3, 0.4) is 0 Å². The third-order valence-electron chi connectivity index (χ3n) is 1.73. The molecule has 0 N–H and O–H groups in total. The topological polar surface area (TPSA) is 29.0 Å². The molecule has 0 aliphatic carbocycles. The molecule has 1 aromatic heterocycles. The number of aromatic nitrogens is 2. The van der Waals surface area contributed by atoms with Gasteiger partial charge in [-0.15, -0.1) is 6.58 Å². The van der Waals surface area contributed by atoms with E-state index >= 15 is 0 Å². The Morgan fingerprint density at radius 1 is 1.50 bits per heavy atom. The van der Waals surface area contributed by atoms with Crippen LogP contribution >= 0.6 is 15.9 Å². The van der Waals surface area contributed by atoms with Gasteiger partial charge in [-0.2, -0.15) is 0 Å². The van der Waals surface area contributed by atoms with Gasteiger partial charge in [-0.3, -0.25) is 0 Å². The van der Waals surface area contributed by atoms with Gasteiger partial charge in [-0.1, -0.05) is 13.0 Å². The number of hydrogen-bond acceptors (Lipinski definition) is 3. The zero-order valence-corrected chi connectivity index (χ0v) is 9.87. The van der Waals surface area contributed by atoms with Crippen LogP contribution < -0.4 is 4.90 Å². The number of nitrogens with zero attached hydrogens (tertiary/aromatic N) is 3. The molecule has 0 aliphatic heterocycles. The van der Waals surface area contributed by atoms with Crippen molar-refractivity contribution in [1.82, 2.24) is 9.97 Å². The van der Waals surface area contributed by atoms with Crippen molar-refractivity contribution in [2.45, 2.75) is 13.3 Å². The summed E-state index contributed by atoms with van der Waals surface area (Å²) in [6, 6.07) is 0. The van der Waals surface area contributed by atoms with E-state index in [1.54, 1.807) is 12.4 Å². The van der Waals surface area contributed by atoms with Crippen molar-refractivity contribution in [3.8, 4) is 0 Å². The van der Waals surface area contributed by atoms with Crippen LogP contribution in [0.1, 0.15) is 13.3 Å². The number of hydrogen-bond donors (Lipinski definition) is 0. The highest BCUT2D eigenvalue weighted by molar-refractivity contribution is 9.10. The maximum absolute atomic E-state index is 4.24. The Morgan fingerprint density at radius 3 is 2.64 bits per heavy atom. The van der Waals surface area contributed by atoms with Gasteiger partial charge in [0.1, 0.15) is 0 Å². The van der Waals surface area contributed by atoms with E-state index in [9.17, 15) is 0 Å². The first kappa shape index (κ1) is 11.2. The number of anilines is 1. The fourth-order valence-electron chi connectivity index (χ4n) is 1.17. The van der Waals surface area contributed by atoms with Gasteiger partial charge in [-0.05, 0) is 22.4 Å². The third kappa shape index (κ3) is 3.10. The van der Waals surface area contributed by atoms with Gasteiger partial charge in [0, 0.05) is 25.5 Å². The quantitative estimate of drug-likeness (QED) is 0.758. The standard InChI is InChI=1S/C10H14BrN3/c1-3-5-14(6-4-2)10-12-7-9(11)8-13-10/h3,7-8H,1,4-6H2,2H3. The first-order chi connectivity index (χ1) is 6.77. The minimum atomic E-state index is 0.759. The minimum absolute atomic E-state index is 0.759. The zero-order chi connectivity index (χ0) is 10.4. The summed E-state index contributed by atoms with van der Waals surface area (Å²) >= 11 is 3.31. The molecule has 0 aromatic carbocycles. The van der Waals surface area contributed by atoms with Gasteiger partial charge < -0.3 is 4.90 Å². The summed E-state index contributed by atoms with van der Waals surface area (Å²) in [5.74, 6) is 0.759. The molecule has 14 heavy (non-hydrogen) atoms. The van der Waals surface area contributed by atoms with Crippen LogP contribution in [0.15, 0.2) is 29.5 Å². The first-order valence-corrected chi connectivity index (χ1v) is 5.40. The highest BCUT2D eigenvalue weighted by Crippen LogP contribution is 2.11. The van der Waals surface area contributed by atoms with Crippen molar-refractivity contribution in [1.29, 1.82) is 0 Å². The molecule has 0 spiro atoms. The van der Waals surface area contributed by atoms with Gasteiger partial charge >= 0.3 is 0 Å². The summed E-state index contributed by atoms with van der Waals surface area (Å²) in [6.45, 7) is 7.59. The molecule has 0 unspecified atom stereocenters. The van der Waals surface area contributed by atoms with Crippen LogP contribution in [0.5, 0.6) is 0 Å². The van der Waals surface area contributed by atoms with E-state index in [2.05, 4.69) is 44.3 Å². The Hall–Kier alpha value is -0.900. The molecule has 0 bridgehead atoms. The summed E-state index contributed by atoms with van der Waals surface area (Å²) in [7, 11) is 0. The number of halogens is 1. The van der Waals surface area contributed by atoms with Crippen LogP contribution in [-0.4, -0.2) is 23.1 Å². The average Bonchev–Trinajstić information content (AvgIpc) is 2.19. The second-order valence-electron chi connectivity index (χ2n) is 2.94. The lowest BCUT2D eigenvalue weighted by Crippen LogP contribution is -2.25. The summed E-state index contributed by atoms with van der Waals surface area (Å²) in [5.41, 5.74) is 0. The monoisotopic (exact) mass is 255 g/mol. The molecule has 0 amide bonds. The largest absolute Gasteiger partial charge is 0.337 e. The molecule has 0 saturated heterocycles. The Labute approximate surface area is 93.0 Å². The molecular formula is C10H14BrN3. The van der Waals surface area contributed by atoms with Crippen LogP contribution in [0.4, 0.5) is 5.95 Å². The SMILES string of the molecule is C=CCN(CCC)c1ncc(Br)cn1. The summed E-state index contributed by atoms with van der Waals surface area (Å²) < 4.78 is 0.899. The fraction of sp³-hybridized carbons (Fsp3) is 0.400. The number of rotatable bonds is 5. The molecular weight excluding hydrogens is 242 g/mol. The molecule has 0 radical (unpaired) electrons. The summed E-state index contributed by atoms with van der Waals surface area (Å²) in [4.78, 5) is 10.6. The van der Waals surface area contributed by atoms with E-state index < -0.39 is 0 Å². The van der Waals surface area contributed by atoms with E-state index in [-0.39, 0.29) is 0 Å². The maximum Gasteiger partial charge on any atom is 0.225 e. The molecule has 1 aromatic rings. The predicted molar refractivity (Wildman–Crippen MR) is 62.4 cm³/mol. The van der Waals surface area contributed by atoms with Gasteiger partial charge in [0.2, 0.25) is 5.95 Å². The van der Waals surface area contributed by atoms with Crippen molar-refractivity contribution >= 4 is 21.9 Å². The van der Waals surface area contributed by atoms with Crippen molar-refractivity contribution < 1.29 is 0 Å². The van der Waals surface area contributed by atoms with Gasteiger partial charge in [0.05, 0.1) is 4.47 Å². The fourth-order valence-corrected chi connectivity index (χ4v) is 1.37. The molecule has 76 valence electrons. The lowest BCUT2D eigenvalue weighted by Gasteiger charge is -2.19. The summed E-state index contributed by atoms with van der Waals surface area (Å²) in [6.07, 6.45) is 6.45. The Kier molecular flexibility index (Phi) is 4.59. The van der Waals surface area contributed by atoms with Crippen LogP contribution in [0, 0.1) is 0 Å². The molecule has 3 nitrogen and oxygen atoms in total.